The Balaban J connectivity index is 1.57. The van der Waals surface area contributed by atoms with E-state index in [9.17, 15) is 9.59 Å². The molecule has 128 valence electrons. The predicted molar refractivity (Wildman–Crippen MR) is 90.8 cm³/mol. The van der Waals surface area contributed by atoms with Gasteiger partial charge < -0.3 is 14.5 Å². The van der Waals surface area contributed by atoms with Gasteiger partial charge in [-0.15, -0.1) is 0 Å². The quantitative estimate of drug-likeness (QED) is 0.827. The molecule has 24 heavy (non-hydrogen) atoms. The number of hydrogen-bond donors (Lipinski definition) is 1. The highest BCUT2D eigenvalue weighted by molar-refractivity contribution is 5.88. The van der Waals surface area contributed by atoms with Crippen molar-refractivity contribution < 1.29 is 18.7 Å². The zero-order valence-electron chi connectivity index (χ0n) is 14.2. The first-order chi connectivity index (χ1) is 11.5. The fraction of sp³-hybridized carbons (Fsp3) is 0.474. The largest absolute Gasteiger partial charge is 0.464 e. The van der Waals surface area contributed by atoms with E-state index >= 15 is 0 Å². The number of furan rings is 1. The van der Waals surface area contributed by atoms with Crippen molar-refractivity contribution >= 4 is 22.8 Å². The van der Waals surface area contributed by atoms with Crippen LogP contribution in [0.2, 0.25) is 0 Å². The van der Waals surface area contributed by atoms with Gasteiger partial charge in [-0.3, -0.25) is 9.59 Å². The van der Waals surface area contributed by atoms with E-state index in [4.69, 9.17) is 9.15 Å². The number of esters is 1. The van der Waals surface area contributed by atoms with Gasteiger partial charge in [-0.05, 0) is 56.4 Å². The van der Waals surface area contributed by atoms with Crippen LogP contribution in [0.5, 0.6) is 0 Å². The van der Waals surface area contributed by atoms with Crippen molar-refractivity contribution in [3.8, 4) is 0 Å². The van der Waals surface area contributed by atoms with Crippen molar-refractivity contribution in [2.24, 2.45) is 0 Å². The molecule has 0 unspecified atom stereocenters. The summed E-state index contributed by atoms with van der Waals surface area (Å²) in [6.45, 7) is 3.89. The Morgan fingerprint density at radius 3 is 2.75 bits per heavy atom. The van der Waals surface area contributed by atoms with E-state index in [1.807, 2.05) is 0 Å². The Kier molecular flexibility index (Phi) is 4.88. The summed E-state index contributed by atoms with van der Waals surface area (Å²) in [7, 11) is 0. The van der Waals surface area contributed by atoms with E-state index in [0.29, 0.717) is 0 Å². The first-order valence-corrected chi connectivity index (χ1v) is 8.51. The molecule has 1 aromatic heterocycles. The first-order valence-electron chi connectivity index (χ1n) is 8.51. The van der Waals surface area contributed by atoms with Gasteiger partial charge in [-0.25, -0.2) is 0 Å². The SMILES string of the molecule is CC(C)OC(=O)CCNC(=O)Cc1coc2cc3c(cc12)CCC3. The lowest BCUT2D eigenvalue weighted by molar-refractivity contribution is -0.147. The second-order valence-electron chi connectivity index (χ2n) is 6.55. The molecule has 0 fully saturated rings. The lowest BCUT2D eigenvalue weighted by Gasteiger charge is -2.08. The fourth-order valence-corrected chi connectivity index (χ4v) is 3.15. The van der Waals surface area contributed by atoms with Crippen LogP contribution in [0.4, 0.5) is 0 Å². The number of benzene rings is 1. The Bertz CT molecular complexity index is 760. The van der Waals surface area contributed by atoms with Crippen molar-refractivity contribution in [3.63, 3.8) is 0 Å². The monoisotopic (exact) mass is 329 g/mol. The smallest absolute Gasteiger partial charge is 0.307 e. The van der Waals surface area contributed by atoms with Crippen LogP contribution in [-0.4, -0.2) is 24.5 Å². The maximum absolute atomic E-state index is 12.1. The molecule has 1 aliphatic rings. The van der Waals surface area contributed by atoms with Crippen molar-refractivity contribution in [2.45, 2.75) is 52.1 Å². The van der Waals surface area contributed by atoms with Crippen LogP contribution in [0.25, 0.3) is 11.0 Å². The lowest BCUT2D eigenvalue weighted by Crippen LogP contribution is -2.28. The molecule has 0 spiro atoms. The summed E-state index contributed by atoms with van der Waals surface area (Å²) in [6, 6.07) is 4.25. The van der Waals surface area contributed by atoms with E-state index in [1.54, 1.807) is 20.1 Å². The molecule has 0 saturated carbocycles. The third-order valence-corrected chi connectivity index (χ3v) is 4.24. The molecule has 3 rings (SSSR count). The Labute approximate surface area is 141 Å². The standard InChI is InChI=1S/C19H23NO4/c1-12(2)24-19(22)6-7-20-18(21)10-15-11-23-17-9-14-5-3-4-13(14)8-16(15)17/h8-9,11-12H,3-7,10H2,1-2H3,(H,20,21). The van der Waals surface area contributed by atoms with Crippen LogP contribution >= 0.6 is 0 Å². The average molecular weight is 329 g/mol. The normalized spacial score (nSPS) is 13.3. The Hall–Kier alpha value is -2.30. The summed E-state index contributed by atoms with van der Waals surface area (Å²) in [5.74, 6) is -0.412. The van der Waals surface area contributed by atoms with E-state index in [0.717, 1.165) is 29.4 Å². The molecule has 5 heteroatoms. The number of carbonyl (C=O) groups excluding carboxylic acids is 2. The topological polar surface area (TPSA) is 68.5 Å². The molecule has 1 amide bonds. The van der Waals surface area contributed by atoms with Gasteiger partial charge in [0, 0.05) is 17.5 Å². The fourth-order valence-electron chi connectivity index (χ4n) is 3.15. The number of nitrogens with one attached hydrogen (secondary N) is 1. The maximum Gasteiger partial charge on any atom is 0.307 e. The zero-order chi connectivity index (χ0) is 17.1. The van der Waals surface area contributed by atoms with Gasteiger partial charge in [0.1, 0.15) is 5.58 Å². The van der Waals surface area contributed by atoms with Gasteiger partial charge in [0.15, 0.2) is 0 Å². The first kappa shape index (κ1) is 16.6. The minimum Gasteiger partial charge on any atom is -0.464 e. The van der Waals surface area contributed by atoms with Gasteiger partial charge in [-0.2, -0.15) is 0 Å². The predicted octanol–water partition coefficient (Wildman–Crippen LogP) is 2.92. The molecule has 1 heterocycles. The molecule has 1 aliphatic carbocycles. The van der Waals surface area contributed by atoms with Gasteiger partial charge in [0.05, 0.1) is 25.2 Å². The second-order valence-corrected chi connectivity index (χ2v) is 6.55. The highest BCUT2D eigenvalue weighted by atomic mass is 16.5. The molecule has 1 N–H and O–H groups in total. The van der Waals surface area contributed by atoms with Crippen molar-refractivity contribution in [1.29, 1.82) is 0 Å². The van der Waals surface area contributed by atoms with Crippen molar-refractivity contribution in [2.75, 3.05) is 6.54 Å². The third-order valence-electron chi connectivity index (χ3n) is 4.24. The van der Waals surface area contributed by atoms with Crippen LogP contribution in [0, 0.1) is 0 Å². The van der Waals surface area contributed by atoms with Crippen LogP contribution in [0.3, 0.4) is 0 Å². The summed E-state index contributed by atoms with van der Waals surface area (Å²) < 4.78 is 10.6. The highest BCUT2D eigenvalue weighted by Crippen LogP contribution is 2.30. The van der Waals surface area contributed by atoms with Gasteiger partial charge in [-0.1, -0.05) is 0 Å². The molecule has 0 atom stereocenters. The third kappa shape index (κ3) is 3.78. The minimum atomic E-state index is -0.297. The number of hydrogen-bond acceptors (Lipinski definition) is 4. The van der Waals surface area contributed by atoms with Gasteiger partial charge in [0.25, 0.3) is 0 Å². The average Bonchev–Trinajstić information content (AvgIpc) is 3.11. The maximum atomic E-state index is 12.1. The van der Waals surface area contributed by atoms with Crippen LogP contribution in [0.1, 0.15) is 43.4 Å². The molecule has 0 radical (unpaired) electrons. The number of ether oxygens (including phenoxy) is 1. The van der Waals surface area contributed by atoms with Crippen LogP contribution < -0.4 is 5.32 Å². The number of carbonyl (C=O) groups is 2. The molecule has 5 nitrogen and oxygen atoms in total. The number of fused-ring (bicyclic) bond motifs is 2. The molecule has 0 saturated heterocycles. The number of amides is 1. The number of aryl methyl sites for hydroxylation is 2. The van der Waals surface area contributed by atoms with Crippen LogP contribution in [-0.2, 0) is 33.6 Å². The van der Waals surface area contributed by atoms with E-state index in [2.05, 4.69) is 17.4 Å². The van der Waals surface area contributed by atoms with E-state index in [-0.39, 0.29) is 37.4 Å². The Morgan fingerprint density at radius 1 is 1.25 bits per heavy atom. The number of rotatable bonds is 6. The van der Waals surface area contributed by atoms with E-state index in [1.165, 1.54) is 17.5 Å². The zero-order valence-corrected chi connectivity index (χ0v) is 14.2. The van der Waals surface area contributed by atoms with Crippen LogP contribution in [0.15, 0.2) is 22.8 Å². The molecule has 1 aromatic carbocycles. The van der Waals surface area contributed by atoms with Crippen molar-refractivity contribution in [3.05, 3.63) is 35.1 Å². The summed E-state index contributed by atoms with van der Waals surface area (Å²) in [5, 5.41) is 3.78. The van der Waals surface area contributed by atoms with Gasteiger partial charge >= 0.3 is 5.97 Å². The molecule has 2 aromatic rings. The lowest BCUT2D eigenvalue weighted by atomic mass is 10.0. The van der Waals surface area contributed by atoms with Crippen molar-refractivity contribution in [1.82, 2.24) is 5.32 Å². The summed E-state index contributed by atoms with van der Waals surface area (Å²) in [6.07, 6.45) is 5.35. The summed E-state index contributed by atoms with van der Waals surface area (Å²) in [5.41, 5.74) is 4.46. The summed E-state index contributed by atoms with van der Waals surface area (Å²) in [4.78, 5) is 23.5. The molecular weight excluding hydrogens is 306 g/mol. The molecule has 0 aliphatic heterocycles. The Morgan fingerprint density at radius 2 is 2.00 bits per heavy atom. The molecule has 0 bridgehead atoms. The van der Waals surface area contributed by atoms with E-state index < -0.39 is 0 Å². The highest BCUT2D eigenvalue weighted by Gasteiger charge is 2.16. The molecular formula is C19H23NO4. The van der Waals surface area contributed by atoms with Gasteiger partial charge in [0.2, 0.25) is 5.91 Å². The summed E-state index contributed by atoms with van der Waals surface area (Å²) >= 11 is 0. The second kappa shape index (κ2) is 7.07. The minimum absolute atomic E-state index is 0.115.